The van der Waals surface area contributed by atoms with E-state index >= 15 is 0 Å². The van der Waals surface area contributed by atoms with E-state index in [-0.39, 0.29) is 23.8 Å². The Kier molecular flexibility index (Phi) is 4.85. The molecule has 3 rings (SSSR count). The van der Waals surface area contributed by atoms with Crippen LogP contribution in [0.2, 0.25) is 0 Å². The summed E-state index contributed by atoms with van der Waals surface area (Å²) in [5, 5.41) is 20.7. The van der Waals surface area contributed by atoms with Gasteiger partial charge in [-0.05, 0) is 31.5 Å². The van der Waals surface area contributed by atoms with Crippen LogP contribution in [0.3, 0.4) is 0 Å². The van der Waals surface area contributed by atoms with Crippen molar-refractivity contribution in [3.63, 3.8) is 0 Å². The minimum Gasteiger partial charge on any atom is -0.479 e. The summed E-state index contributed by atoms with van der Waals surface area (Å²) in [6.45, 7) is 3.23. The second kappa shape index (κ2) is 7.08. The summed E-state index contributed by atoms with van der Waals surface area (Å²) in [7, 11) is 0. The number of fused-ring (bicyclic) bond motifs is 1. The average molecular weight is 376 g/mol. The molecule has 2 N–H and O–H groups in total. The van der Waals surface area contributed by atoms with Crippen LogP contribution in [0.4, 0.5) is 10.8 Å². The minimum atomic E-state index is -1.10. The van der Waals surface area contributed by atoms with Crippen molar-refractivity contribution in [3.8, 4) is 5.75 Å². The second-order valence-electron chi connectivity index (χ2n) is 5.57. The average Bonchev–Trinajstić information content (AvgIpc) is 3.05. The van der Waals surface area contributed by atoms with Gasteiger partial charge in [-0.25, -0.2) is 4.79 Å². The van der Waals surface area contributed by atoms with Gasteiger partial charge in [0.05, 0.1) is 11.3 Å². The minimum absolute atomic E-state index is 0.0376. The van der Waals surface area contributed by atoms with Crippen LogP contribution >= 0.6 is 11.3 Å². The first-order chi connectivity index (χ1) is 12.4. The fourth-order valence-electron chi connectivity index (χ4n) is 2.46. The number of hydrogen-bond acceptors (Lipinski definition) is 7. The van der Waals surface area contributed by atoms with Crippen molar-refractivity contribution in [3.05, 3.63) is 28.8 Å². The molecule has 1 atom stereocenters. The van der Waals surface area contributed by atoms with Crippen molar-refractivity contribution < 1.29 is 24.2 Å². The van der Waals surface area contributed by atoms with Gasteiger partial charge in [-0.1, -0.05) is 18.3 Å². The number of ether oxygens (including phenoxy) is 1. The fourth-order valence-corrected chi connectivity index (χ4v) is 3.15. The van der Waals surface area contributed by atoms with Gasteiger partial charge in [0.2, 0.25) is 11.0 Å². The molecule has 1 unspecified atom stereocenters. The number of amides is 2. The normalized spacial score (nSPS) is 16.0. The maximum atomic E-state index is 12.4. The number of carboxylic acids is 1. The third-order valence-electron chi connectivity index (χ3n) is 3.73. The first-order valence-electron chi connectivity index (χ1n) is 7.86. The predicted molar refractivity (Wildman–Crippen MR) is 93.8 cm³/mol. The Morgan fingerprint density at radius 3 is 2.81 bits per heavy atom. The number of anilines is 2. The molecule has 0 saturated carbocycles. The van der Waals surface area contributed by atoms with E-state index in [4.69, 9.17) is 9.84 Å². The van der Waals surface area contributed by atoms with Crippen LogP contribution in [0.15, 0.2) is 18.2 Å². The van der Waals surface area contributed by atoms with E-state index in [9.17, 15) is 14.4 Å². The summed E-state index contributed by atoms with van der Waals surface area (Å²) in [5.41, 5.74) is 0.385. The van der Waals surface area contributed by atoms with Gasteiger partial charge in [-0.2, -0.15) is 0 Å². The molecule has 26 heavy (non-hydrogen) atoms. The number of nitrogens with one attached hydrogen (secondary N) is 1. The lowest BCUT2D eigenvalue weighted by Gasteiger charge is -2.32. The number of carboxylic acid groups (broad SMARTS) is 1. The molecule has 136 valence electrons. The Morgan fingerprint density at radius 1 is 1.38 bits per heavy atom. The van der Waals surface area contributed by atoms with Gasteiger partial charge in [0.1, 0.15) is 17.3 Å². The molecule has 1 aliphatic heterocycles. The molecule has 9 nitrogen and oxygen atoms in total. The molecule has 0 fully saturated rings. The van der Waals surface area contributed by atoms with E-state index in [0.717, 1.165) is 5.01 Å². The highest BCUT2D eigenvalue weighted by Crippen LogP contribution is 2.35. The number of aromatic carboxylic acids is 1. The number of carbonyl (C=O) groups excluding carboxylic acids is 2. The predicted octanol–water partition coefficient (Wildman–Crippen LogP) is 1.55. The molecule has 10 heteroatoms. The highest BCUT2D eigenvalue weighted by Gasteiger charge is 2.33. The molecule has 0 spiro atoms. The third-order valence-corrected chi connectivity index (χ3v) is 4.72. The van der Waals surface area contributed by atoms with E-state index in [1.54, 1.807) is 6.92 Å². The number of rotatable bonds is 5. The number of benzene rings is 1. The molecular formula is C16H16N4O5S. The maximum absolute atomic E-state index is 12.4. The quantitative estimate of drug-likeness (QED) is 0.812. The van der Waals surface area contributed by atoms with Crippen LogP contribution in [0.25, 0.3) is 0 Å². The number of nitrogens with zero attached hydrogens (tertiary/aromatic N) is 3. The fraction of sp³-hybridized carbons (Fsp3) is 0.312. The standard InChI is InChI=1S/C16H16N4O5S/c1-3-13-18-19-16(26-13)17-12(21)7-20-10-5-4-9(15(23)24)6-11(10)25-8(2)14(20)22/h4-6,8H,3,7H2,1-2H3,(H,23,24)(H,17,19,21). The lowest BCUT2D eigenvalue weighted by Crippen LogP contribution is -2.47. The topological polar surface area (TPSA) is 122 Å². The number of carbonyl (C=O) groups is 3. The van der Waals surface area contributed by atoms with Crippen molar-refractivity contribution in [2.24, 2.45) is 0 Å². The van der Waals surface area contributed by atoms with Gasteiger partial charge in [-0.3, -0.25) is 19.8 Å². The Balaban J connectivity index is 1.81. The molecule has 0 saturated heterocycles. The highest BCUT2D eigenvalue weighted by molar-refractivity contribution is 7.15. The van der Waals surface area contributed by atoms with Crippen molar-refractivity contribution in [1.29, 1.82) is 0 Å². The molecule has 1 aromatic heterocycles. The maximum Gasteiger partial charge on any atom is 0.335 e. The Labute approximate surface area is 152 Å². The molecule has 0 radical (unpaired) electrons. The zero-order valence-electron chi connectivity index (χ0n) is 14.1. The second-order valence-corrected chi connectivity index (χ2v) is 6.64. The first kappa shape index (κ1) is 17.8. The molecular weight excluding hydrogens is 360 g/mol. The van der Waals surface area contributed by atoms with Gasteiger partial charge < -0.3 is 9.84 Å². The van der Waals surface area contributed by atoms with Crippen molar-refractivity contribution >= 4 is 39.9 Å². The summed E-state index contributed by atoms with van der Waals surface area (Å²) >= 11 is 1.27. The van der Waals surface area contributed by atoms with Gasteiger partial charge >= 0.3 is 5.97 Å². The molecule has 1 aromatic carbocycles. The first-order valence-corrected chi connectivity index (χ1v) is 8.68. The highest BCUT2D eigenvalue weighted by atomic mass is 32.1. The summed E-state index contributed by atoms with van der Waals surface area (Å²) in [4.78, 5) is 37.1. The smallest absolute Gasteiger partial charge is 0.335 e. The molecule has 2 heterocycles. The third kappa shape index (κ3) is 3.49. The van der Waals surface area contributed by atoms with Crippen molar-refractivity contribution in [2.45, 2.75) is 26.4 Å². The van der Waals surface area contributed by atoms with E-state index in [1.807, 2.05) is 6.92 Å². The van der Waals surface area contributed by atoms with Gasteiger partial charge in [-0.15, -0.1) is 10.2 Å². The molecule has 0 bridgehead atoms. The zero-order chi connectivity index (χ0) is 18.8. The van der Waals surface area contributed by atoms with Crippen LogP contribution < -0.4 is 15.0 Å². The van der Waals surface area contributed by atoms with Crippen LogP contribution in [0.5, 0.6) is 5.75 Å². The lowest BCUT2D eigenvalue weighted by molar-refractivity contribution is -0.127. The van der Waals surface area contributed by atoms with Crippen LogP contribution in [0.1, 0.15) is 29.2 Å². The molecule has 2 aromatic rings. The molecule has 0 aliphatic carbocycles. The number of aryl methyl sites for hydroxylation is 1. The molecule has 2 amide bonds. The van der Waals surface area contributed by atoms with E-state index in [2.05, 4.69) is 15.5 Å². The Hall–Kier alpha value is -3.01. The van der Waals surface area contributed by atoms with Crippen molar-refractivity contribution in [2.75, 3.05) is 16.8 Å². The largest absolute Gasteiger partial charge is 0.479 e. The monoisotopic (exact) mass is 376 g/mol. The number of hydrogen-bond donors (Lipinski definition) is 2. The van der Waals surface area contributed by atoms with Gasteiger partial charge in [0.25, 0.3) is 5.91 Å². The van der Waals surface area contributed by atoms with Gasteiger partial charge in [0, 0.05) is 0 Å². The zero-order valence-corrected chi connectivity index (χ0v) is 14.9. The summed E-state index contributed by atoms with van der Waals surface area (Å²) < 4.78 is 5.48. The lowest BCUT2D eigenvalue weighted by atomic mass is 10.1. The molecule has 1 aliphatic rings. The van der Waals surface area contributed by atoms with Crippen LogP contribution in [0, 0.1) is 0 Å². The van der Waals surface area contributed by atoms with Crippen LogP contribution in [-0.4, -0.2) is 45.7 Å². The number of aromatic nitrogens is 2. The summed E-state index contributed by atoms with van der Waals surface area (Å²) in [6.07, 6.45) is -0.112. The summed E-state index contributed by atoms with van der Waals surface area (Å²) in [5.74, 6) is -1.68. The van der Waals surface area contributed by atoms with E-state index in [0.29, 0.717) is 17.2 Å². The van der Waals surface area contributed by atoms with E-state index in [1.165, 1.54) is 34.4 Å². The van der Waals surface area contributed by atoms with Crippen molar-refractivity contribution in [1.82, 2.24) is 10.2 Å². The summed E-state index contributed by atoms with van der Waals surface area (Å²) in [6, 6.07) is 4.15. The SMILES string of the molecule is CCc1nnc(NC(=O)CN2C(=O)C(C)Oc3cc(C(=O)O)ccc32)s1. The Bertz CT molecular complexity index is 881. The van der Waals surface area contributed by atoms with Gasteiger partial charge in [0.15, 0.2) is 6.10 Å². The van der Waals surface area contributed by atoms with E-state index < -0.39 is 18.0 Å². The Morgan fingerprint density at radius 2 is 2.15 bits per heavy atom. The van der Waals surface area contributed by atoms with Crippen LogP contribution in [-0.2, 0) is 16.0 Å².